The first-order chi connectivity index (χ1) is 10.9. The van der Waals surface area contributed by atoms with Gasteiger partial charge in [-0.2, -0.15) is 0 Å². The maximum atomic E-state index is 3.46. The van der Waals surface area contributed by atoms with Gasteiger partial charge in [-0.1, -0.05) is 53.6 Å². The second-order valence-corrected chi connectivity index (χ2v) is 5.76. The third kappa shape index (κ3) is 3.16. The minimum Gasteiger partial charge on any atom is -1.00 e. The number of hydrogen-bond donors (Lipinski definition) is 0. The Hall–Kier alpha value is -0.895. The topological polar surface area (TPSA) is 4.93 Å². The van der Waals surface area contributed by atoms with E-state index in [0.29, 0.717) is 0 Å². The number of para-hydroxylation sites is 1. The van der Waals surface area contributed by atoms with Crippen molar-refractivity contribution in [3.63, 3.8) is 0 Å². The van der Waals surface area contributed by atoms with Gasteiger partial charge in [0.15, 0.2) is 0 Å². The molecule has 0 atom stereocenters. The van der Waals surface area contributed by atoms with E-state index in [2.05, 4.69) is 77.4 Å². The number of fused-ring (bicyclic) bond motifs is 5. The largest absolute Gasteiger partial charge is 3.00 e. The fraction of sp³-hybridized carbons (Fsp3) is 0.0476. The molecule has 1 radical (unpaired) electrons. The molecule has 3 aromatic carbocycles. The van der Waals surface area contributed by atoms with Crippen LogP contribution in [0.5, 0.6) is 0 Å². The van der Waals surface area contributed by atoms with Crippen LogP contribution >= 0.6 is 0 Å². The third-order valence-corrected chi connectivity index (χ3v) is 4.54. The Labute approximate surface area is 191 Å². The second kappa shape index (κ2) is 8.20. The maximum Gasteiger partial charge on any atom is 3.00 e. The van der Waals surface area contributed by atoms with Crippen molar-refractivity contribution in [1.82, 2.24) is 4.57 Å². The normalized spacial score (nSPS) is 10.9. The van der Waals surface area contributed by atoms with Crippen LogP contribution in [0.4, 0.5) is 0 Å². The van der Waals surface area contributed by atoms with Crippen molar-refractivity contribution in [2.75, 3.05) is 0 Å². The van der Waals surface area contributed by atoms with E-state index < -0.39 is 0 Å². The van der Waals surface area contributed by atoms with Gasteiger partial charge in [0.05, 0.1) is 0 Å². The molecule has 0 saturated carbocycles. The molecule has 25 heavy (non-hydrogen) atoms. The van der Waals surface area contributed by atoms with Gasteiger partial charge in [0.2, 0.25) is 0 Å². The van der Waals surface area contributed by atoms with Crippen molar-refractivity contribution in [3.8, 4) is 16.8 Å². The van der Waals surface area contributed by atoms with Crippen molar-refractivity contribution in [1.29, 1.82) is 0 Å². The summed E-state index contributed by atoms with van der Waals surface area (Å²) in [5.41, 5.74) is 7.98. The number of nitrogens with zero attached hydrogens (tertiary/aromatic N) is 1. The number of aromatic nitrogens is 1. The van der Waals surface area contributed by atoms with Gasteiger partial charge in [-0.25, -0.2) is 0 Å². The summed E-state index contributed by atoms with van der Waals surface area (Å²) in [4.78, 5) is 0. The van der Waals surface area contributed by atoms with Crippen LogP contribution in [0.25, 0.3) is 27.7 Å². The molecule has 0 bridgehead atoms. The van der Waals surface area contributed by atoms with Crippen LogP contribution in [0, 0.1) is 46.0 Å². The van der Waals surface area contributed by atoms with E-state index in [9.17, 15) is 0 Å². The predicted octanol–water partition coefficient (Wildman–Crippen LogP) is -0.990. The van der Waals surface area contributed by atoms with Crippen molar-refractivity contribution < 1.29 is 64.8 Å². The first kappa shape index (κ1) is 20.4. The summed E-state index contributed by atoms with van der Waals surface area (Å²) in [6.07, 6.45) is 0.989. The number of rotatable bonds is 1. The van der Waals surface area contributed by atoms with Crippen molar-refractivity contribution in [2.45, 2.75) is 6.42 Å². The average molecular weight is 509 g/mol. The maximum absolute atomic E-state index is 3.46. The second-order valence-electron chi connectivity index (χ2n) is 5.76. The van der Waals surface area contributed by atoms with Crippen molar-refractivity contribution >= 4 is 10.9 Å². The van der Waals surface area contributed by atoms with Gasteiger partial charge in [0.1, 0.15) is 0 Å². The minimum atomic E-state index is 0. The molecule has 1 nitrogen and oxygen atoms in total. The smallest absolute Gasteiger partial charge is 1.00 e. The van der Waals surface area contributed by atoms with E-state index in [0.717, 1.165) is 6.42 Å². The van der Waals surface area contributed by atoms with Gasteiger partial charge in [-0.3, -0.25) is 0 Å². The monoisotopic (exact) mass is 508 g/mol. The molecule has 0 unspecified atom stereocenters. The molecule has 0 N–H and O–H groups in total. The number of halogens is 2. The first-order valence-electron chi connectivity index (χ1n) is 7.61. The molecule has 1 aliphatic rings. The Kier molecular flexibility index (Phi) is 6.70. The van der Waals surface area contributed by atoms with E-state index in [4.69, 9.17) is 0 Å². The minimum absolute atomic E-state index is 0. The van der Waals surface area contributed by atoms with Crippen LogP contribution < -0.4 is 24.8 Å². The summed E-state index contributed by atoms with van der Waals surface area (Å²) in [6, 6.07) is 29.1. The van der Waals surface area contributed by atoms with Gasteiger partial charge in [0.25, 0.3) is 0 Å². The Morgan fingerprint density at radius 2 is 1.52 bits per heavy atom. The molecule has 0 aliphatic heterocycles. The van der Waals surface area contributed by atoms with Crippen LogP contribution in [0.3, 0.4) is 0 Å². The molecular weight excluding hydrogens is 494 g/mol. The predicted molar refractivity (Wildman–Crippen MR) is 90.4 cm³/mol. The molecule has 5 rings (SSSR count). The first-order valence-corrected chi connectivity index (χ1v) is 7.61. The van der Waals surface area contributed by atoms with E-state index in [1.807, 2.05) is 6.07 Å². The molecule has 1 aromatic heterocycles. The third-order valence-electron chi connectivity index (χ3n) is 4.54. The van der Waals surface area contributed by atoms with Gasteiger partial charge in [0, 0.05) is 12.1 Å². The Morgan fingerprint density at radius 3 is 2.32 bits per heavy atom. The molecule has 1 aliphatic carbocycles. The van der Waals surface area contributed by atoms with Crippen molar-refractivity contribution in [3.05, 3.63) is 90.1 Å². The van der Waals surface area contributed by atoms with E-state index in [1.165, 1.54) is 39.0 Å². The molecule has 4 heteroatoms. The summed E-state index contributed by atoms with van der Waals surface area (Å²) < 4.78 is 2.39. The van der Waals surface area contributed by atoms with Crippen LogP contribution in [-0.2, 0) is 6.42 Å². The summed E-state index contributed by atoms with van der Waals surface area (Å²) in [6.45, 7) is 0. The quantitative estimate of drug-likeness (QED) is 0.257. The molecule has 4 aromatic rings. The van der Waals surface area contributed by atoms with Crippen LogP contribution in [0.15, 0.2) is 72.8 Å². The Balaban J connectivity index is 0.000000751. The summed E-state index contributed by atoms with van der Waals surface area (Å²) >= 11 is 0. The van der Waals surface area contributed by atoms with E-state index in [-0.39, 0.29) is 64.8 Å². The zero-order chi connectivity index (χ0) is 14.5. The van der Waals surface area contributed by atoms with Gasteiger partial charge in [-0.15, -0.1) is 29.7 Å². The van der Waals surface area contributed by atoms with Crippen LogP contribution in [0.2, 0.25) is 0 Å². The van der Waals surface area contributed by atoms with Gasteiger partial charge in [-0.05, 0) is 28.9 Å². The molecule has 0 fully saturated rings. The molecule has 0 saturated heterocycles. The molecule has 0 spiro atoms. The van der Waals surface area contributed by atoms with Gasteiger partial charge >= 0.3 is 39.9 Å². The summed E-state index contributed by atoms with van der Waals surface area (Å²) in [5, 5.41) is 1.23. The number of hydrogen-bond acceptors (Lipinski definition) is 0. The van der Waals surface area contributed by atoms with Gasteiger partial charge < -0.3 is 29.4 Å². The Morgan fingerprint density at radius 1 is 0.800 bits per heavy atom. The zero-order valence-corrected chi connectivity index (χ0v) is 17.0. The van der Waals surface area contributed by atoms with Crippen molar-refractivity contribution in [2.24, 2.45) is 0 Å². The fourth-order valence-electron chi connectivity index (χ4n) is 3.64. The fourth-order valence-corrected chi connectivity index (χ4v) is 3.64. The van der Waals surface area contributed by atoms with E-state index in [1.54, 1.807) is 0 Å². The molecule has 125 valence electrons. The molecular formula is C21H14Cl2GdN. The standard InChI is InChI=1S/C21H14N.2ClH.Gd/c1-2-9-16(10-3-1)22-19-13-7-6-12-18(19)21-17-11-5-4-8-15(17)14-20(21)22;;;/h1-11,13H,14H2;2*1H;/q-1;;;+3/p-2. The van der Waals surface area contributed by atoms with Crippen LogP contribution in [0.1, 0.15) is 11.3 Å². The number of benzene rings is 3. The van der Waals surface area contributed by atoms with Crippen LogP contribution in [-0.4, -0.2) is 4.57 Å². The Bertz CT molecular complexity index is 994. The zero-order valence-electron chi connectivity index (χ0n) is 13.2. The average Bonchev–Trinajstić information content (AvgIpc) is 3.10. The van der Waals surface area contributed by atoms with E-state index >= 15 is 0 Å². The summed E-state index contributed by atoms with van der Waals surface area (Å²) in [5.74, 6) is 0. The molecule has 1 heterocycles. The SMILES string of the molecule is [Cl-].[Cl-].[Gd+3].[c-]1cccc2c1c1c(n2-c2ccccc2)Cc2ccccc2-1. The summed E-state index contributed by atoms with van der Waals surface area (Å²) in [7, 11) is 0. The molecule has 0 amide bonds.